The summed E-state index contributed by atoms with van der Waals surface area (Å²) in [5.41, 5.74) is 1.15. The number of methoxy groups -OCH3 is 1. The quantitative estimate of drug-likeness (QED) is 0.830. The minimum atomic E-state index is -0.901. The van der Waals surface area contributed by atoms with Gasteiger partial charge in [-0.3, -0.25) is 9.67 Å². The number of aliphatic hydroxyl groups is 1. The van der Waals surface area contributed by atoms with Gasteiger partial charge < -0.3 is 9.84 Å². The maximum Gasteiger partial charge on any atom is 0.163 e. The van der Waals surface area contributed by atoms with E-state index >= 15 is 0 Å². The van der Waals surface area contributed by atoms with E-state index in [0.29, 0.717) is 23.7 Å². The van der Waals surface area contributed by atoms with Crippen LogP contribution in [0.2, 0.25) is 0 Å². The predicted molar refractivity (Wildman–Crippen MR) is 82.8 cm³/mol. The van der Waals surface area contributed by atoms with Crippen molar-refractivity contribution in [2.75, 3.05) is 7.11 Å². The number of aryl methyl sites for hydroxylation is 1. The summed E-state index contributed by atoms with van der Waals surface area (Å²) in [6.07, 6.45) is 3.28. The third-order valence-corrected chi connectivity index (χ3v) is 3.92. The van der Waals surface area contributed by atoms with Crippen molar-refractivity contribution in [1.82, 2.24) is 14.8 Å². The summed E-state index contributed by atoms with van der Waals surface area (Å²) < 4.78 is 8.60. The van der Waals surface area contributed by atoms with Crippen LogP contribution in [-0.4, -0.2) is 27.0 Å². The topological polar surface area (TPSA) is 60.2 Å². The first-order chi connectivity index (χ1) is 9.58. The Bertz CT molecular complexity index is 601. The van der Waals surface area contributed by atoms with Crippen molar-refractivity contribution in [3.63, 3.8) is 0 Å². The van der Waals surface area contributed by atoms with Crippen LogP contribution in [0.1, 0.15) is 30.8 Å². The van der Waals surface area contributed by atoms with Crippen LogP contribution < -0.4 is 4.74 Å². The molecule has 0 amide bonds. The van der Waals surface area contributed by atoms with Gasteiger partial charge >= 0.3 is 0 Å². The number of aliphatic hydroxyl groups excluding tert-OH is 1. The van der Waals surface area contributed by atoms with Crippen LogP contribution in [0.4, 0.5) is 0 Å². The Labute approximate surface area is 134 Å². The lowest BCUT2D eigenvalue weighted by Crippen LogP contribution is -2.12. The number of hydrogen-bond acceptors (Lipinski definition) is 4. The average molecular weight is 405 g/mol. The number of halogens is 2. The lowest BCUT2D eigenvalue weighted by molar-refractivity contribution is 0.196. The largest absolute Gasteiger partial charge is 0.493 e. The Morgan fingerprint density at radius 2 is 2.15 bits per heavy atom. The van der Waals surface area contributed by atoms with E-state index in [4.69, 9.17) is 4.74 Å². The average Bonchev–Trinajstić information content (AvgIpc) is 2.81. The van der Waals surface area contributed by atoms with Crippen molar-refractivity contribution in [3.8, 4) is 5.75 Å². The third-order valence-electron chi connectivity index (χ3n) is 2.85. The summed E-state index contributed by atoms with van der Waals surface area (Å²) in [6.45, 7) is 2.77. The Hall–Kier alpha value is -0.920. The van der Waals surface area contributed by atoms with Crippen molar-refractivity contribution in [3.05, 3.63) is 38.8 Å². The molecular weight excluding hydrogens is 390 g/mol. The van der Waals surface area contributed by atoms with Gasteiger partial charge in [0.1, 0.15) is 11.8 Å². The van der Waals surface area contributed by atoms with Crippen molar-refractivity contribution in [1.29, 1.82) is 0 Å². The SMILES string of the molecule is CCCn1ncc(OC)c1C(O)c1ncc(Br)cc1Br. The molecule has 20 heavy (non-hydrogen) atoms. The number of ether oxygens (including phenoxy) is 1. The summed E-state index contributed by atoms with van der Waals surface area (Å²) in [6, 6.07) is 1.85. The van der Waals surface area contributed by atoms with Crippen LogP contribution in [0.5, 0.6) is 5.75 Å². The van der Waals surface area contributed by atoms with Crippen LogP contribution in [-0.2, 0) is 6.54 Å². The molecule has 0 aromatic carbocycles. The predicted octanol–water partition coefficient (Wildman–Crippen LogP) is 3.30. The highest BCUT2D eigenvalue weighted by molar-refractivity contribution is 9.11. The minimum absolute atomic E-state index is 0.532. The molecule has 2 aromatic heterocycles. The molecule has 0 saturated carbocycles. The van der Waals surface area contributed by atoms with E-state index in [1.807, 2.05) is 6.07 Å². The van der Waals surface area contributed by atoms with E-state index in [1.54, 1.807) is 24.2 Å². The van der Waals surface area contributed by atoms with Gasteiger partial charge in [-0.05, 0) is 44.3 Å². The van der Waals surface area contributed by atoms with Gasteiger partial charge in [-0.25, -0.2) is 0 Å². The molecule has 0 spiro atoms. The summed E-state index contributed by atoms with van der Waals surface area (Å²) in [4.78, 5) is 4.27. The molecule has 0 aliphatic heterocycles. The fourth-order valence-electron chi connectivity index (χ4n) is 1.96. The number of aromatic nitrogens is 3. The van der Waals surface area contributed by atoms with Gasteiger partial charge in [-0.2, -0.15) is 5.10 Å². The van der Waals surface area contributed by atoms with E-state index in [-0.39, 0.29) is 0 Å². The zero-order valence-corrected chi connectivity index (χ0v) is 14.3. The smallest absolute Gasteiger partial charge is 0.163 e. The van der Waals surface area contributed by atoms with Crippen LogP contribution in [0.25, 0.3) is 0 Å². The molecule has 2 heterocycles. The molecule has 0 fully saturated rings. The van der Waals surface area contributed by atoms with Crippen LogP contribution in [0, 0.1) is 0 Å². The van der Waals surface area contributed by atoms with E-state index in [9.17, 15) is 5.11 Å². The first-order valence-corrected chi connectivity index (χ1v) is 7.75. The molecule has 0 saturated heterocycles. The van der Waals surface area contributed by atoms with Crippen molar-refractivity contribution in [2.45, 2.75) is 26.0 Å². The molecule has 2 aromatic rings. The normalized spacial score (nSPS) is 12.4. The second-order valence-electron chi connectivity index (χ2n) is 4.24. The minimum Gasteiger partial charge on any atom is -0.493 e. The Kier molecular flexibility index (Phi) is 5.17. The molecule has 0 aliphatic carbocycles. The first-order valence-electron chi connectivity index (χ1n) is 6.17. The molecule has 1 unspecified atom stereocenters. The molecule has 0 bridgehead atoms. The Morgan fingerprint density at radius 3 is 2.75 bits per heavy atom. The van der Waals surface area contributed by atoms with Crippen molar-refractivity contribution in [2.24, 2.45) is 0 Å². The van der Waals surface area contributed by atoms with Gasteiger partial charge in [0, 0.05) is 21.7 Å². The van der Waals surface area contributed by atoms with Gasteiger partial charge in [-0.1, -0.05) is 6.92 Å². The fraction of sp³-hybridized carbons (Fsp3) is 0.385. The van der Waals surface area contributed by atoms with Gasteiger partial charge in [0.2, 0.25) is 0 Å². The second-order valence-corrected chi connectivity index (χ2v) is 6.01. The van der Waals surface area contributed by atoms with Crippen molar-refractivity contribution < 1.29 is 9.84 Å². The molecule has 7 heteroatoms. The summed E-state index contributed by atoms with van der Waals surface area (Å²) in [5, 5.41) is 14.9. The highest BCUT2D eigenvalue weighted by Gasteiger charge is 2.24. The maximum absolute atomic E-state index is 10.6. The monoisotopic (exact) mass is 403 g/mol. The molecule has 1 atom stereocenters. The van der Waals surface area contributed by atoms with Gasteiger partial charge in [0.15, 0.2) is 5.75 Å². The zero-order valence-electron chi connectivity index (χ0n) is 11.2. The van der Waals surface area contributed by atoms with Crippen LogP contribution in [0.3, 0.4) is 0 Å². The van der Waals surface area contributed by atoms with Gasteiger partial charge in [-0.15, -0.1) is 0 Å². The van der Waals surface area contributed by atoms with E-state index in [0.717, 1.165) is 15.4 Å². The highest BCUT2D eigenvalue weighted by atomic mass is 79.9. The molecule has 0 radical (unpaired) electrons. The van der Waals surface area contributed by atoms with E-state index in [2.05, 4.69) is 48.9 Å². The standard InChI is InChI=1S/C13H15Br2N3O2/c1-3-4-18-12(10(20-2)7-17-18)13(19)11-9(15)5-8(14)6-16-11/h5-7,13,19H,3-4H2,1-2H3. The molecule has 1 N–H and O–H groups in total. The number of rotatable bonds is 5. The Morgan fingerprint density at radius 1 is 1.40 bits per heavy atom. The lowest BCUT2D eigenvalue weighted by Gasteiger charge is -2.15. The van der Waals surface area contributed by atoms with E-state index in [1.165, 1.54) is 0 Å². The number of pyridine rings is 1. The second kappa shape index (κ2) is 6.69. The summed E-state index contributed by atoms with van der Waals surface area (Å²) in [7, 11) is 1.56. The third kappa shape index (κ3) is 3.05. The first kappa shape index (κ1) is 15.5. The fourth-order valence-corrected chi connectivity index (χ4v) is 3.16. The maximum atomic E-state index is 10.6. The number of nitrogens with zero attached hydrogens (tertiary/aromatic N) is 3. The van der Waals surface area contributed by atoms with Gasteiger partial charge in [0.05, 0.1) is 19.0 Å². The van der Waals surface area contributed by atoms with Crippen molar-refractivity contribution >= 4 is 31.9 Å². The molecule has 5 nitrogen and oxygen atoms in total. The molecule has 108 valence electrons. The van der Waals surface area contributed by atoms with E-state index < -0.39 is 6.10 Å². The molecular formula is C13H15Br2N3O2. The van der Waals surface area contributed by atoms with Crippen LogP contribution >= 0.6 is 31.9 Å². The zero-order chi connectivity index (χ0) is 14.7. The molecule has 2 rings (SSSR count). The summed E-state index contributed by atoms with van der Waals surface area (Å²) >= 11 is 6.77. The van der Waals surface area contributed by atoms with Crippen LogP contribution in [0.15, 0.2) is 27.4 Å². The molecule has 0 aliphatic rings. The lowest BCUT2D eigenvalue weighted by atomic mass is 10.1. The highest BCUT2D eigenvalue weighted by Crippen LogP contribution is 2.33. The summed E-state index contributed by atoms with van der Waals surface area (Å²) in [5.74, 6) is 0.558. The Balaban J connectivity index is 2.46. The van der Waals surface area contributed by atoms with Gasteiger partial charge in [0.25, 0.3) is 0 Å². The number of hydrogen-bond donors (Lipinski definition) is 1.